The van der Waals surface area contributed by atoms with Crippen molar-refractivity contribution in [3.8, 4) is 0 Å². The second kappa shape index (κ2) is 8.43. The first-order chi connectivity index (χ1) is 12.4. The molecule has 2 aromatic rings. The maximum absolute atomic E-state index is 12.1. The summed E-state index contributed by atoms with van der Waals surface area (Å²) in [5.74, 6) is 0.156. The highest BCUT2D eigenvalue weighted by atomic mass is 35.5. The fraction of sp³-hybridized carbons (Fsp3) is 0.278. The smallest absolute Gasteiger partial charge is 0.240 e. The standard InChI is InChI=1S/C18H19ClN2O3S2/c19-16-3-1-2-4-17(16)25-12-18(22)20-11-13-5-9-15(10-6-13)26(23,24)21-14-7-8-14/h1-6,9-10,14,21H,7-8,11-12H2,(H,20,22). The Labute approximate surface area is 162 Å². The Morgan fingerprint density at radius 3 is 2.46 bits per heavy atom. The Bertz CT molecular complexity index is 882. The minimum Gasteiger partial charge on any atom is -0.351 e. The largest absolute Gasteiger partial charge is 0.351 e. The normalized spacial score (nSPS) is 14.2. The van der Waals surface area contributed by atoms with E-state index in [4.69, 9.17) is 11.6 Å². The van der Waals surface area contributed by atoms with Gasteiger partial charge in [0.2, 0.25) is 15.9 Å². The van der Waals surface area contributed by atoms with Crippen LogP contribution >= 0.6 is 23.4 Å². The van der Waals surface area contributed by atoms with Crippen molar-refractivity contribution in [1.29, 1.82) is 0 Å². The van der Waals surface area contributed by atoms with Gasteiger partial charge in [0, 0.05) is 17.5 Å². The molecule has 0 saturated heterocycles. The maximum Gasteiger partial charge on any atom is 0.240 e. The lowest BCUT2D eigenvalue weighted by Gasteiger charge is -2.08. The minimum atomic E-state index is -3.44. The van der Waals surface area contributed by atoms with Crippen LogP contribution in [0.3, 0.4) is 0 Å². The molecule has 2 aromatic carbocycles. The van der Waals surface area contributed by atoms with E-state index in [0.717, 1.165) is 23.3 Å². The van der Waals surface area contributed by atoms with E-state index in [0.29, 0.717) is 11.6 Å². The molecule has 1 amide bonds. The predicted molar refractivity (Wildman–Crippen MR) is 104 cm³/mol. The van der Waals surface area contributed by atoms with Gasteiger partial charge >= 0.3 is 0 Å². The van der Waals surface area contributed by atoms with E-state index in [1.165, 1.54) is 11.8 Å². The van der Waals surface area contributed by atoms with Gasteiger partial charge in [-0.25, -0.2) is 13.1 Å². The number of carbonyl (C=O) groups excluding carboxylic acids is 1. The molecule has 8 heteroatoms. The number of nitrogens with one attached hydrogen (secondary N) is 2. The molecule has 1 saturated carbocycles. The summed E-state index contributed by atoms with van der Waals surface area (Å²) >= 11 is 7.44. The average molecular weight is 411 g/mol. The summed E-state index contributed by atoms with van der Waals surface area (Å²) in [6.07, 6.45) is 1.80. The number of hydrogen-bond acceptors (Lipinski definition) is 4. The quantitative estimate of drug-likeness (QED) is 0.655. The number of hydrogen-bond donors (Lipinski definition) is 2. The van der Waals surface area contributed by atoms with Gasteiger partial charge in [-0.1, -0.05) is 35.9 Å². The Morgan fingerprint density at radius 1 is 1.12 bits per heavy atom. The number of amides is 1. The van der Waals surface area contributed by atoms with Crippen LogP contribution in [0.5, 0.6) is 0 Å². The van der Waals surface area contributed by atoms with Gasteiger partial charge in [0.1, 0.15) is 0 Å². The lowest BCUT2D eigenvalue weighted by atomic mass is 10.2. The van der Waals surface area contributed by atoms with Crippen LogP contribution in [-0.4, -0.2) is 26.1 Å². The molecule has 0 unspecified atom stereocenters. The third-order valence-electron chi connectivity index (χ3n) is 3.82. The molecule has 1 aliphatic carbocycles. The zero-order chi connectivity index (χ0) is 18.6. The van der Waals surface area contributed by atoms with Crippen molar-refractivity contribution in [1.82, 2.24) is 10.0 Å². The molecule has 0 bridgehead atoms. The molecule has 1 aliphatic rings. The molecule has 26 heavy (non-hydrogen) atoms. The van der Waals surface area contributed by atoms with E-state index >= 15 is 0 Å². The third kappa shape index (κ3) is 5.48. The predicted octanol–water partition coefficient (Wildman–Crippen LogP) is 3.19. The number of thioether (sulfide) groups is 1. The number of rotatable bonds is 8. The van der Waals surface area contributed by atoms with Crippen LogP contribution in [0.2, 0.25) is 5.02 Å². The van der Waals surface area contributed by atoms with Gasteiger partial charge in [-0.3, -0.25) is 4.79 Å². The van der Waals surface area contributed by atoms with Crippen molar-refractivity contribution < 1.29 is 13.2 Å². The monoisotopic (exact) mass is 410 g/mol. The number of carbonyl (C=O) groups is 1. The summed E-state index contributed by atoms with van der Waals surface area (Å²) in [6.45, 7) is 0.346. The Kier molecular flexibility index (Phi) is 6.24. The van der Waals surface area contributed by atoms with Crippen molar-refractivity contribution >= 4 is 39.3 Å². The SMILES string of the molecule is O=C(CSc1ccccc1Cl)NCc1ccc(S(=O)(=O)NC2CC2)cc1. The van der Waals surface area contributed by atoms with E-state index < -0.39 is 10.0 Å². The second-order valence-corrected chi connectivity index (χ2v) is 9.17. The molecule has 0 heterocycles. The Morgan fingerprint density at radius 2 is 1.81 bits per heavy atom. The molecule has 3 rings (SSSR count). The lowest BCUT2D eigenvalue weighted by Crippen LogP contribution is -2.26. The second-order valence-electron chi connectivity index (χ2n) is 6.04. The van der Waals surface area contributed by atoms with Crippen LogP contribution in [0.15, 0.2) is 58.3 Å². The van der Waals surface area contributed by atoms with Crippen molar-refractivity contribution in [2.24, 2.45) is 0 Å². The minimum absolute atomic E-state index is 0.0783. The van der Waals surface area contributed by atoms with Crippen LogP contribution in [0.1, 0.15) is 18.4 Å². The van der Waals surface area contributed by atoms with E-state index in [-0.39, 0.29) is 22.6 Å². The summed E-state index contributed by atoms with van der Waals surface area (Å²) in [5, 5.41) is 3.45. The summed E-state index contributed by atoms with van der Waals surface area (Å²) < 4.78 is 26.9. The number of halogens is 1. The molecule has 5 nitrogen and oxygen atoms in total. The number of benzene rings is 2. The van der Waals surface area contributed by atoms with E-state index in [2.05, 4.69) is 10.0 Å². The van der Waals surface area contributed by atoms with E-state index in [9.17, 15) is 13.2 Å². The fourth-order valence-corrected chi connectivity index (χ4v) is 4.61. The van der Waals surface area contributed by atoms with Crippen LogP contribution in [-0.2, 0) is 21.4 Å². The zero-order valence-electron chi connectivity index (χ0n) is 13.9. The molecular formula is C18H19ClN2O3S2. The van der Waals surface area contributed by atoms with Crippen LogP contribution in [0.4, 0.5) is 0 Å². The summed E-state index contributed by atoms with van der Waals surface area (Å²) in [6, 6.07) is 14.0. The van der Waals surface area contributed by atoms with Crippen LogP contribution in [0.25, 0.3) is 0 Å². The molecule has 2 N–H and O–H groups in total. The highest BCUT2D eigenvalue weighted by Crippen LogP contribution is 2.26. The molecule has 1 fully saturated rings. The molecule has 0 spiro atoms. The van der Waals surface area contributed by atoms with Gasteiger partial charge < -0.3 is 5.32 Å². The summed E-state index contributed by atoms with van der Waals surface area (Å²) in [4.78, 5) is 13.1. The van der Waals surface area contributed by atoms with Gasteiger partial charge in [0.05, 0.1) is 15.7 Å². The van der Waals surface area contributed by atoms with Gasteiger partial charge in [-0.2, -0.15) is 0 Å². The summed E-state index contributed by atoms with van der Waals surface area (Å²) in [7, 11) is -3.44. The highest BCUT2D eigenvalue weighted by Gasteiger charge is 2.27. The topological polar surface area (TPSA) is 75.3 Å². The first kappa shape index (κ1) is 19.2. The number of sulfonamides is 1. The van der Waals surface area contributed by atoms with Crippen molar-refractivity contribution in [2.75, 3.05) is 5.75 Å². The van der Waals surface area contributed by atoms with E-state index in [1.54, 1.807) is 30.3 Å². The zero-order valence-corrected chi connectivity index (χ0v) is 16.3. The highest BCUT2D eigenvalue weighted by molar-refractivity contribution is 8.00. The van der Waals surface area contributed by atoms with Crippen molar-refractivity contribution in [3.05, 3.63) is 59.1 Å². The molecule has 0 aliphatic heterocycles. The van der Waals surface area contributed by atoms with Crippen LogP contribution < -0.4 is 10.0 Å². The average Bonchev–Trinajstić information content (AvgIpc) is 3.43. The summed E-state index contributed by atoms with van der Waals surface area (Å²) in [5.41, 5.74) is 0.839. The van der Waals surface area contributed by atoms with Gasteiger partial charge in [-0.05, 0) is 42.7 Å². The molecular weight excluding hydrogens is 392 g/mol. The molecule has 138 valence electrons. The van der Waals surface area contributed by atoms with Crippen molar-refractivity contribution in [3.63, 3.8) is 0 Å². The van der Waals surface area contributed by atoms with Gasteiger partial charge in [0.15, 0.2) is 0 Å². The first-order valence-corrected chi connectivity index (χ1v) is 11.0. The fourth-order valence-electron chi connectivity index (χ4n) is 2.23. The molecule has 0 radical (unpaired) electrons. The van der Waals surface area contributed by atoms with E-state index in [1.807, 2.05) is 18.2 Å². The third-order valence-corrected chi connectivity index (χ3v) is 6.87. The molecule has 0 aromatic heterocycles. The first-order valence-electron chi connectivity index (χ1n) is 8.19. The van der Waals surface area contributed by atoms with Crippen molar-refractivity contribution in [2.45, 2.75) is 35.2 Å². The Balaban J connectivity index is 1.48. The van der Waals surface area contributed by atoms with Gasteiger partial charge in [0.25, 0.3) is 0 Å². The lowest BCUT2D eigenvalue weighted by molar-refractivity contribution is -0.118. The molecule has 0 atom stereocenters. The van der Waals surface area contributed by atoms with Gasteiger partial charge in [-0.15, -0.1) is 11.8 Å². The Hall–Kier alpha value is -1.54. The van der Waals surface area contributed by atoms with Crippen LogP contribution in [0, 0.1) is 0 Å². The maximum atomic E-state index is 12.1.